The lowest BCUT2D eigenvalue weighted by atomic mass is 10.2. The number of nitrogens with two attached hydrogens (primary N) is 1. The van der Waals surface area contributed by atoms with Gasteiger partial charge in [-0.05, 0) is 6.07 Å². The van der Waals surface area contributed by atoms with Gasteiger partial charge in [-0.15, -0.1) is 0 Å². The number of rotatable bonds is 2. The van der Waals surface area contributed by atoms with Crippen LogP contribution in [0.3, 0.4) is 0 Å². The summed E-state index contributed by atoms with van der Waals surface area (Å²) in [5.74, 6) is 0.824. The van der Waals surface area contributed by atoms with Gasteiger partial charge in [0.05, 0.1) is 19.6 Å². The second-order valence-corrected chi connectivity index (χ2v) is 3.64. The molecule has 0 radical (unpaired) electrons. The summed E-state index contributed by atoms with van der Waals surface area (Å²) in [6, 6.07) is 1.83. The number of fused-ring (bicyclic) bond motifs is 1. The number of H-pyrrole nitrogens is 1. The molecule has 0 unspecified atom stereocenters. The van der Waals surface area contributed by atoms with Gasteiger partial charge in [0.2, 0.25) is 5.95 Å². The lowest BCUT2D eigenvalue weighted by molar-refractivity contribution is 0.413. The molecule has 18 heavy (non-hydrogen) atoms. The van der Waals surface area contributed by atoms with Crippen molar-refractivity contribution in [3.8, 4) is 17.0 Å². The predicted octanol–water partition coefficient (Wildman–Crippen LogP) is 1.01. The van der Waals surface area contributed by atoms with Gasteiger partial charge in [-0.25, -0.2) is 9.97 Å². The van der Waals surface area contributed by atoms with Gasteiger partial charge in [0.1, 0.15) is 17.0 Å². The smallest absolute Gasteiger partial charge is 0.222 e. The van der Waals surface area contributed by atoms with Gasteiger partial charge in [0, 0.05) is 11.8 Å². The molecule has 0 saturated heterocycles. The van der Waals surface area contributed by atoms with Crippen molar-refractivity contribution in [2.75, 3.05) is 12.8 Å². The van der Waals surface area contributed by atoms with Crippen LogP contribution in [0.25, 0.3) is 22.4 Å². The number of nitrogen functional groups attached to an aromatic ring is 1. The van der Waals surface area contributed by atoms with Crippen molar-refractivity contribution in [3.05, 3.63) is 24.8 Å². The molecule has 0 aliphatic rings. The number of hydrogen-bond acceptors (Lipinski definition) is 6. The predicted molar refractivity (Wildman–Crippen MR) is 65.9 cm³/mol. The molecule has 0 aliphatic heterocycles. The van der Waals surface area contributed by atoms with Crippen LogP contribution in [-0.4, -0.2) is 32.0 Å². The van der Waals surface area contributed by atoms with E-state index in [-0.39, 0.29) is 5.95 Å². The molecule has 0 saturated carbocycles. The number of nitrogens with zero attached hydrogens (tertiary/aromatic N) is 4. The first kappa shape index (κ1) is 10.5. The minimum absolute atomic E-state index is 0.174. The van der Waals surface area contributed by atoms with Crippen molar-refractivity contribution in [3.63, 3.8) is 0 Å². The standard InChI is InChI=1S/C11H10N6O/c1-18-7-2-6(3-13-4-7)8-9-10(15-5-14-9)17-11(12)16-8/h2-5H,1H3,(H3,12,14,15,16,17). The lowest BCUT2D eigenvalue weighted by Gasteiger charge is -2.04. The van der Waals surface area contributed by atoms with Gasteiger partial charge in [-0.2, -0.15) is 4.98 Å². The van der Waals surface area contributed by atoms with E-state index in [9.17, 15) is 0 Å². The van der Waals surface area contributed by atoms with Gasteiger partial charge in [0.25, 0.3) is 0 Å². The molecule has 90 valence electrons. The van der Waals surface area contributed by atoms with Gasteiger partial charge in [-0.3, -0.25) is 4.98 Å². The number of ether oxygens (including phenoxy) is 1. The maximum Gasteiger partial charge on any atom is 0.222 e. The van der Waals surface area contributed by atoms with Crippen LogP contribution < -0.4 is 10.5 Å². The Balaban J connectivity index is 2.26. The highest BCUT2D eigenvalue weighted by Gasteiger charge is 2.11. The number of hydrogen-bond donors (Lipinski definition) is 2. The van der Waals surface area contributed by atoms with E-state index in [1.54, 1.807) is 25.8 Å². The van der Waals surface area contributed by atoms with E-state index in [1.165, 1.54) is 0 Å². The van der Waals surface area contributed by atoms with E-state index in [4.69, 9.17) is 10.5 Å². The molecule has 3 aromatic rings. The number of aromatic amines is 1. The molecule has 0 aromatic carbocycles. The van der Waals surface area contributed by atoms with Crippen LogP contribution in [0.4, 0.5) is 5.95 Å². The summed E-state index contributed by atoms with van der Waals surface area (Å²) in [5, 5.41) is 0. The molecule has 3 rings (SSSR count). The summed E-state index contributed by atoms with van der Waals surface area (Å²) in [5.41, 5.74) is 8.36. The minimum atomic E-state index is 0.174. The first-order valence-corrected chi connectivity index (χ1v) is 5.24. The molecular formula is C11H10N6O. The molecule has 0 spiro atoms. The third-order valence-electron chi connectivity index (χ3n) is 2.53. The molecule has 7 nitrogen and oxygen atoms in total. The van der Waals surface area contributed by atoms with E-state index in [1.807, 2.05) is 6.07 Å². The van der Waals surface area contributed by atoms with Crippen molar-refractivity contribution in [2.45, 2.75) is 0 Å². The Labute approximate surface area is 102 Å². The lowest BCUT2D eigenvalue weighted by Crippen LogP contribution is -1.98. The van der Waals surface area contributed by atoms with Gasteiger partial charge >= 0.3 is 0 Å². The SMILES string of the molecule is COc1cncc(-c2nc(N)nc3nc[nH]c23)c1. The molecule has 3 heterocycles. The van der Waals surface area contributed by atoms with E-state index in [0.29, 0.717) is 17.1 Å². The molecule has 3 N–H and O–H groups in total. The van der Waals surface area contributed by atoms with Crippen LogP contribution in [0, 0.1) is 0 Å². The fraction of sp³-hybridized carbons (Fsp3) is 0.0909. The van der Waals surface area contributed by atoms with Crippen LogP contribution >= 0.6 is 0 Å². The maximum atomic E-state index is 5.66. The second-order valence-electron chi connectivity index (χ2n) is 3.64. The Morgan fingerprint density at radius 2 is 2.17 bits per heavy atom. The van der Waals surface area contributed by atoms with E-state index in [2.05, 4.69) is 24.9 Å². The quantitative estimate of drug-likeness (QED) is 0.695. The summed E-state index contributed by atoms with van der Waals surface area (Å²) >= 11 is 0. The average Bonchev–Trinajstić information content (AvgIpc) is 2.85. The fourth-order valence-electron chi connectivity index (χ4n) is 1.72. The molecule has 0 bridgehead atoms. The minimum Gasteiger partial charge on any atom is -0.495 e. The number of imidazole rings is 1. The number of anilines is 1. The normalized spacial score (nSPS) is 10.7. The Morgan fingerprint density at radius 1 is 1.28 bits per heavy atom. The summed E-state index contributed by atoms with van der Waals surface area (Å²) in [4.78, 5) is 19.4. The molecule has 3 aromatic heterocycles. The number of aromatic nitrogens is 5. The first-order chi connectivity index (χ1) is 8.78. The highest BCUT2D eigenvalue weighted by Crippen LogP contribution is 2.26. The van der Waals surface area contributed by atoms with Crippen LogP contribution in [0.5, 0.6) is 5.75 Å². The Bertz CT molecular complexity index is 708. The van der Waals surface area contributed by atoms with Crippen molar-refractivity contribution in [1.29, 1.82) is 0 Å². The number of methoxy groups -OCH3 is 1. The average molecular weight is 242 g/mol. The molecule has 0 amide bonds. The van der Waals surface area contributed by atoms with Crippen LogP contribution in [0.1, 0.15) is 0 Å². The van der Waals surface area contributed by atoms with Crippen molar-refractivity contribution >= 4 is 17.1 Å². The molecular weight excluding hydrogens is 232 g/mol. The number of nitrogens with one attached hydrogen (secondary N) is 1. The topological polar surface area (TPSA) is 103 Å². The largest absolute Gasteiger partial charge is 0.495 e. The first-order valence-electron chi connectivity index (χ1n) is 5.24. The van der Waals surface area contributed by atoms with Crippen molar-refractivity contribution in [1.82, 2.24) is 24.9 Å². The monoisotopic (exact) mass is 242 g/mol. The fourth-order valence-corrected chi connectivity index (χ4v) is 1.72. The molecule has 7 heteroatoms. The van der Waals surface area contributed by atoms with Crippen LogP contribution in [-0.2, 0) is 0 Å². The summed E-state index contributed by atoms with van der Waals surface area (Å²) in [7, 11) is 1.58. The summed E-state index contributed by atoms with van der Waals surface area (Å²) < 4.78 is 5.14. The van der Waals surface area contributed by atoms with Crippen molar-refractivity contribution < 1.29 is 4.74 Å². The Kier molecular flexibility index (Phi) is 2.30. The molecule has 0 fully saturated rings. The summed E-state index contributed by atoms with van der Waals surface area (Å²) in [6.07, 6.45) is 4.86. The molecule has 0 atom stereocenters. The zero-order chi connectivity index (χ0) is 12.5. The molecule has 0 aliphatic carbocycles. The van der Waals surface area contributed by atoms with Crippen LogP contribution in [0.2, 0.25) is 0 Å². The zero-order valence-corrected chi connectivity index (χ0v) is 9.58. The van der Waals surface area contributed by atoms with E-state index >= 15 is 0 Å². The van der Waals surface area contributed by atoms with Crippen LogP contribution in [0.15, 0.2) is 24.8 Å². The third-order valence-corrected chi connectivity index (χ3v) is 2.53. The van der Waals surface area contributed by atoms with Gasteiger partial charge < -0.3 is 15.5 Å². The highest BCUT2D eigenvalue weighted by molar-refractivity contribution is 5.87. The zero-order valence-electron chi connectivity index (χ0n) is 9.58. The summed E-state index contributed by atoms with van der Waals surface area (Å²) in [6.45, 7) is 0. The second kappa shape index (κ2) is 3.95. The Morgan fingerprint density at radius 3 is 3.00 bits per heavy atom. The van der Waals surface area contributed by atoms with E-state index < -0.39 is 0 Å². The Hall–Kier alpha value is -2.70. The number of pyridine rings is 1. The van der Waals surface area contributed by atoms with E-state index in [0.717, 1.165) is 11.1 Å². The van der Waals surface area contributed by atoms with Gasteiger partial charge in [0.15, 0.2) is 5.65 Å². The maximum absolute atomic E-state index is 5.66. The highest BCUT2D eigenvalue weighted by atomic mass is 16.5. The third kappa shape index (κ3) is 1.61. The van der Waals surface area contributed by atoms with Gasteiger partial charge in [-0.1, -0.05) is 0 Å². The van der Waals surface area contributed by atoms with Crippen molar-refractivity contribution in [2.24, 2.45) is 0 Å².